The Morgan fingerprint density at radius 3 is 2.58 bits per heavy atom. The largest absolute Gasteiger partial charge is 0.302 e. The van der Waals surface area contributed by atoms with Gasteiger partial charge >= 0.3 is 0 Å². The highest BCUT2D eigenvalue weighted by Crippen LogP contribution is 2.29. The molecule has 0 bridgehead atoms. The quantitative estimate of drug-likeness (QED) is 0.888. The Labute approximate surface area is 117 Å². The number of hydrogen-bond donors (Lipinski definition) is 1. The van der Waals surface area contributed by atoms with E-state index in [2.05, 4.69) is 10.3 Å². The minimum Gasteiger partial charge on any atom is -0.302 e. The van der Waals surface area contributed by atoms with Crippen molar-refractivity contribution < 1.29 is 4.79 Å². The highest BCUT2D eigenvalue weighted by Gasteiger charge is 2.15. The summed E-state index contributed by atoms with van der Waals surface area (Å²) in [5.41, 5.74) is 1.13. The van der Waals surface area contributed by atoms with Crippen molar-refractivity contribution >= 4 is 22.4 Å². The van der Waals surface area contributed by atoms with Crippen LogP contribution in [0.5, 0.6) is 0 Å². The SMILES string of the molecule is CCC(CC)C(=O)Nc1ncc(-c2ccccc2)s1. The van der Waals surface area contributed by atoms with Gasteiger partial charge in [0.15, 0.2) is 5.13 Å². The summed E-state index contributed by atoms with van der Waals surface area (Å²) in [5.74, 6) is 0.142. The summed E-state index contributed by atoms with van der Waals surface area (Å²) in [6.45, 7) is 4.07. The summed E-state index contributed by atoms with van der Waals surface area (Å²) in [7, 11) is 0. The van der Waals surface area contributed by atoms with Crippen LogP contribution in [0.3, 0.4) is 0 Å². The predicted octanol–water partition coefficient (Wildman–Crippen LogP) is 4.18. The van der Waals surface area contributed by atoms with Gasteiger partial charge < -0.3 is 5.32 Å². The molecule has 100 valence electrons. The molecule has 0 saturated carbocycles. The van der Waals surface area contributed by atoms with Gasteiger partial charge in [0.1, 0.15) is 0 Å². The molecule has 3 nitrogen and oxygen atoms in total. The average molecular weight is 274 g/mol. The molecule has 0 fully saturated rings. The number of amides is 1. The number of hydrogen-bond acceptors (Lipinski definition) is 3. The summed E-state index contributed by atoms with van der Waals surface area (Å²) in [6, 6.07) is 10.1. The topological polar surface area (TPSA) is 42.0 Å². The number of benzene rings is 1. The molecule has 0 radical (unpaired) electrons. The summed E-state index contributed by atoms with van der Waals surface area (Å²) < 4.78 is 0. The number of thiazole rings is 1. The average Bonchev–Trinajstić information content (AvgIpc) is 2.89. The Morgan fingerprint density at radius 1 is 1.26 bits per heavy atom. The van der Waals surface area contributed by atoms with Crippen LogP contribution in [0.15, 0.2) is 36.5 Å². The van der Waals surface area contributed by atoms with Crippen LogP contribution in [0.2, 0.25) is 0 Å². The molecule has 2 aromatic rings. The fraction of sp³-hybridized carbons (Fsp3) is 0.333. The van der Waals surface area contributed by atoms with Gasteiger partial charge in [0, 0.05) is 12.1 Å². The number of rotatable bonds is 5. The highest BCUT2D eigenvalue weighted by atomic mass is 32.1. The van der Waals surface area contributed by atoms with Crippen molar-refractivity contribution in [1.82, 2.24) is 4.98 Å². The van der Waals surface area contributed by atoms with E-state index < -0.39 is 0 Å². The second-order valence-electron chi connectivity index (χ2n) is 4.40. The van der Waals surface area contributed by atoms with E-state index >= 15 is 0 Å². The number of carbonyl (C=O) groups is 1. The van der Waals surface area contributed by atoms with E-state index in [0.29, 0.717) is 5.13 Å². The standard InChI is InChI=1S/C15H18N2OS/c1-3-11(4-2)14(18)17-15-16-10-13(19-15)12-8-6-5-7-9-12/h5-11H,3-4H2,1-2H3,(H,16,17,18). The molecule has 2 rings (SSSR count). The molecule has 0 atom stereocenters. The minimum atomic E-state index is 0.0685. The zero-order valence-corrected chi connectivity index (χ0v) is 12.0. The van der Waals surface area contributed by atoms with Gasteiger partial charge in [0.25, 0.3) is 0 Å². The molecule has 1 N–H and O–H groups in total. The molecular formula is C15H18N2OS. The smallest absolute Gasteiger partial charge is 0.229 e. The van der Waals surface area contributed by atoms with E-state index in [0.717, 1.165) is 23.3 Å². The molecule has 0 saturated heterocycles. The Hall–Kier alpha value is -1.68. The van der Waals surface area contributed by atoms with E-state index in [1.807, 2.05) is 50.4 Å². The zero-order chi connectivity index (χ0) is 13.7. The van der Waals surface area contributed by atoms with Crippen LogP contribution < -0.4 is 5.32 Å². The molecule has 0 unspecified atom stereocenters. The van der Waals surface area contributed by atoms with E-state index in [4.69, 9.17) is 0 Å². The Bertz CT molecular complexity index is 532. The van der Waals surface area contributed by atoms with Crippen molar-refractivity contribution in [1.29, 1.82) is 0 Å². The Balaban J connectivity index is 2.08. The zero-order valence-electron chi connectivity index (χ0n) is 11.2. The fourth-order valence-electron chi connectivity index (χ4n) is 1.93. The molecule has 19 heavy (non-hydrogen) atoms. The first-order valence-corrected chi connectivity index (χ1v) is 7.38. The third-order valence-electron chi connectivity index (χ3n) is 3.15. The van der Waals surface area contributed by atoms with Gasteiger partial charge in [-0.15, -0.1) is 0 Å². The lowest BCUT2D eigenvalue weighted by molar-refractivity contribution is -0.120. The number of nitrogens with zero attached hydrogens (tertiary/aromatic N) is 1. The third kappa shape index (κ3) is 3.41. The van der Waals surface area contributed by atoms with Gasteiger partial charge in [-0.25, -0.2) is 4.98 Å². The number of carbonyl (C=O) groups excluding carboxylic acids is 1. The van der Waals surface area contributed by atoms with Crippen LogP contribution in [-0.2, 0) is 4.79 Å². The van der Waals surface area contributed by atoms with Crippen LogP contribution in [0.1, 0.15) is 26.7 Å². The van der Waals surface area contributed by atoms with Crippen molar-refractivity contribution in [2.45, 2.75) is 26.7 Å². The number of nitrogens with one attached hydrogen (secondary N) is 1. The molecule has 1 heterocycles. The molecule has 0 aliphatic rings. The van der Waals surface area contributed by atoms with Crippen LogP contribution in [0.25, 0.3) is 10.4 Å². The lowest BCUT2D eigenvalue weighted by Gasteiger charge is -2.10. The van der Waals surface area contributed by atoms with E-state index in [1.165, 1.54) is 11.3 Å². The third-order valence-corrected chi connectivity index (χ3v) is 4.11. The van der Waals surface area contributed by atoms with Gasteiger partial charge in [-0.1, -0.05) is 55.5 Å². The second-order valence-corrected chi connectivity index (χ2v) is 5.43. The lowest BCUT2D eigenvalue weighted by Crippen LogP contribution is -2.21. The number of anilines is 1. The van der Waals surface area contributed by atoms with Crippen molar-refractivity contribution in [3.63, 3.8) is 0 Å². The van der Waals surface area contributed by atoms with Crippen LogP contribution in [-0.4, -0.2) is 10.9 Å². The summed E-state index contributed by atoms with van der Waals surface area (Å²) in [4.78, 5) is 17.3. The maximum Gasteiger partial charge on any atom is 0.229 e. The van der Waals surface area contributed by atoms with Gasteiger partial charge in [0.2, 0.25) is 5.91 Å². The molecule has 0 spiro atoms. The molecule has 1 aromatic heterocycles. The lowest BCUT2D eigenvalue weighted by atomic mass is 10.0. The maximum atomic E-state index is 12.0. The summed E-state index contributed by atoms with van der Waals surface area (Å²) >= 11 is 1.51. The van der Waals surface area contributed by atoms with E-state index in [1.54, 1.807) is 0 Å². The van der Waals surface area contributed by atoms with Gasteiger partial charge in [-0.2, -0.15) is 0 Å². The molecular weight excluding hydrogens is 256 g/mol. The summed E-state index contributed by atoms with van der Waals surface area (Å²) in [5, 5.41) is 3.58. The summed E-state index contributed by atoms with van der Waals surface area (Å²) in [6.07, 6.45) is 3.53. The van der Waals surface area contributed by atoms with Gasteiger partial charge in [-0.05, 0) is 18.4 Å². The van der Waals surface area contributed by atoms with Crippen LogP contribution in [0, 0.1) is 5.92 Å². The van der Waals surface area contributed by atoms with Crippen LogP contribution >= 0.6 is 11.3 Å². The van der Waals surface area contributed by atoms with Crippen molar-refractivity contribution in [3.8, 4) is 10.4 Å². The highest BCUT2D eigenvalue weighted by molar-refractivity contribution is 7.19. The molecule has 1 amide bonds. The van der Waals surface area contributed by atoms with E-state index in [-0.39, 0.29) is 11.8 Å². The van der Waals surface area contributed by atoms with Crippen LogP contribution in [0.4, 0.5) is 5.13 Å². The molecule has 0 aliphatic heterocycles. The van der Waals surface area contributed by atoms with Gasteiger partial charge in [0.05, 0.1) is 4.88 Å². The monoisotopic (exact) mass is 274 g/mol. The van der Waals surface area contributed by atoms with E-state index in [9.17, 15) is 4.79 Å². The minimum absolute atomic E-state index is 0.0685. The maximum absolute atomic E-state index is 12.0. The molecule has 1 aromatic carbocycles. The number of aromatic nitrogens is 1. The first-order valence-electron chi connectivity index (χ1n) is 6.56. The van der Waals surface area contributed by atoms with Gasteiger partial charge in [-0.3, -0.25) is 4.79 Å². The predicted molar refractivity (Wildman–Crippen MR) is 80.3 cm³/mol. The van der Waals surface area contributed by atoms with Crippen molar-refractivity contribution in [2.24, 2.45) is 5.92 Å². The second kappa shape index (κ2) is 6.48. The first-order chi connectivity index (χ1) is 9.24. The molecule has 4 heteroatoms. The molecule has 0 aliphatic carbocycles. The van der Waals surface area contributed by atoms with Crippen molar-refractivity contribution in [3.05, 3.63) is 36.5 Å². The Kier molecular flexibility index (Phi) is 4.68. The first kappa shape index (κ1) is 13.7. The van der Waals surface area contributed by atoms with Crippen molar-refractivity contribution in [2.75, 3.05) is 5.32 Å². The Morgan fingerprint density at radius 2 is 1.95 bits per heavy atom. The fourth-order valence-corrected chi connectivity index (χ4v) is 2.76. The normalized spacial score (nSPS) is 10.7.